The minimum absolute atomic E-state index is 0.150. The van der Waals surface area contributed by atoms with Crippen LogP contribution in [0.4, 0.5) is 5.69 Å². The van der Waals surface area contributed by atoms with E-state index in [1.165, 1.54) is 0 Å². The number of amides is 1. The van der Waals surface area contributed by atoms with Crippen molar-refractivity contribution in [3.05, 3.63) is 65.2 Å². The number of anilines is 1. The molecule has 0 aliphatic rings. The third kappa shape index (κ3) is 3.68. The summed E-state index contributed by atoms with van der Waals surface area (Å²) in [6, 6.07) is 15.2. The molecule has 0 saturated carbocycles. The second-order valence-electron chi connectivity index (χ2n) is 5.10. The van der Waals surface area contributed by atoms with E-state index in [0.29, 0.717) is 6.42 Å². The fraction of sp³-hybridized carbons (Fsp3) is 0.235. The molecule has 2 aromatic carbocycles. The topological polar surface area (TPSA) is 55.1 Å². The van der Waals surface area contributed by atoms with Gasteiger partial charge in [-0.25, -0.2) is 0 Å². The Balaban J connectivity index is 2.02. The molecule has 0 bridgehead atoms. The number of carbonyl (C=O) groups excluding carboxylic acids is 1. The molecule has 1 amide bonds. The van der Waals surface area contributed by atoms with Gasteiger partial charge in [-0.15, -0.1) is 0 Å². The van der Waals surface area contributed by atoms with Crippen LogP contribution in [0.25, 0.3) is 0 Å². The maximum absolute atomic E-state index is 12.1. The first kappa shape index (κ1) is 14.3. The van der Waals surface area contributed by atoms with Crippen molar-refractivity contribution in [3.8, 4) is 0 Å². The quantitative estimate of drug-likeness (QED) is 0.896. The molecule has 20 heavy (non-hydrogen) atoms. The van der Waals surface area contributed by atoms with Gasteiger partial charge in [-0.05, 0) is 43.0 Å². The molecule has 0 aliphatic heterocycles. The zero-order valence-corrected chi connectivity index (χ0v) is 11.9. The highest BCUT2D eigenvalue weighted by atomic mass is 16.2. The zero-order valence-electron chi connectivity index (χ0n) is 11.9. The highest BCUT2D eigenvalue weighted by Gasteiger charge is 2.15. The van der Waals surface area contributed by atoms with Crippen molar-refractivity contribution in [1.29, 1.82) is 0 Å². The fourth-order valence-electron chi connectivity index (χ4n) is 2.06. The highest BCUT2D eigenvalue weighted by Crippen LogP contribution is 2.16. The molecule has 104 valence electrons. The van der Waals surface area contributed by atoms with Gasteiger partial charge in [0.1, 0.15) is 0 Å². The number of nitrogens with two attached hydrogens (primary N) is 1. The largest absolute Gasteiger partial charge is 0.324 e. The molecule has 1 unspecified atom stereocenters. The zero-order chi connectivity index (χ0) is 14.5. The van der Waals surface area contributed by atoms with E-state index in [1.807, 2.05) is 62.4 Å². The van der Waals surface area contributed by atoms with Gasteiger partial charge in [0.15, 0.2) is 0 Å². The second-order valence-corrected chi connectivity index (χ2v) is 5.10. The Bertz CT molecular complexity index is 593. The summed E-state index contributed by atoms with van der Waals surface area (Å²) in [6.07, 6.45) is 0.539. The lowest BCUT2D eigenvalue weighted by molar-refractivity contribution is -0.117. The average Bonchev–Trinajstić information content (AvgIpc) is 2.44. The number of hydrogen-bond donors (Lipinski definition) is 2. The number of rotatable bonds is 4. The van der Waals surface area contributed by atoms with Crippen molar-refractivity contribution in [1.82, 2.24) is 0 Å². The van der Waals surface area contributed by atoms with E-state index >= 15 is 0 Å². The summed E-state index contributed by atoms with van der Waals surface area (Å²) in [5.41, 5.74) is 10.0. The Hall–Kier alpha value is -2.13. The van der Waals surface area contributed by atoms with E-state index in [-0.39, 0.29) is 5.91 Å². The SMILES string of the molecule is Cc1ccc(C)c(NC(=O)C(N)Cc2ccccc2)c1. The molecular formula is C17H20N2O. The number of nitrogens with one attached hydrogen (secondary N) is 1. The molecule has 0 aliphatic carbocycles. The van der Waals surface area contributed by atoms with Gasteiger partial charge in [0, 0.05) is 5.69 Å². The second kappa shape index (κ2) is 6.35. The van der Waals surface area contributed by atoms with Crippen molar-refractivity contribution in [3.63, 3.8) is 0 Å². The minimum Gasteiger partial charge on any atom is -0.324 e. The van der Waals surface area contributed by atoms with Crippen molar-refractivity contribution in [2.24, 2.45) is 5.73 Å². The van der Waals surface area contributed by atoms with Gasteiger partial charge in [0.2, 0.25) is 5.91 Å². The summed E-state index contributed by atoms with van der Waals surface area (Å²) in [5.74, 6) is -0.150. The number of aryl methyl sites for hydroxylation is 2. The summed E-state index contributed by atoms with van der Waals surface area (Å²) < 4.78 is 0. The van der Waals surface area contributed by atoms with E-state index in [0.717, 1.165) is 22.4 Å². The van der Waals surface area contributed by atoms with Gasteiger partial charge in [-0.1, -0.05) is 42.5 Å². The molecule has 0 radical (unpaired) electrons. The van der Waals surface area contributed by atoms with Crippen molar-refractivity contribution < 1.29 is 4.79 Å². The monoisotopic (exact) mass is 268 g/mol. The molecule has 0 fully saturated rings. The molecule has 3 N–H and O–H groups in total. The molecule has 3 heteroatoms. The first-order valence-corrected chi connectivity index (χ1v) is 6.74. The molecule has 3 nitrogen and oxygen atoms in total. The van der Waals surface area contributed by atoms with Crippen LogP contribution in [-0.2, 0) is 11.2 Å². The summed E-state index contributed by atoms with van der Waals surface area (Å²) in [4.78, 5) is 12.1. The molecule has 1 atom stereocenters. The lowest BCUT2D eigenvalue weighted by atomic mass is 10.1. The first-order chi connectivity index (χ1) is 9.56. The summed E-state index contributed by atoms with van der Waals surface area (Å²) >= 11 is 0. The van der Waals surface area contributed by atoms with Crippen LogP contribution in [0.2, 0.25) is 0 Å². The van der Waals surface area contributed by atoms with Gasteiger partial charge in [0.05, 0.1) is 6.04 Å². The lowest BCUT2D eigenvalue weighted by Crippen LogP contribution is -2.37. The van der Waals surface area contributed by atoms with Gasteiger partial charge in [0.25, 0.3) is 0 Å². The highest BCUT2D eigenvalue weighted by molar-refractivity contribution is 5.95. The number of benzene rings is 2. The molecular weight excluding hydrogens is 248 g/mol. The van der Waals surface area contributed by atoms with Crippen LogP contribution in [0.3, 0.4) is 0 Å². The van der Waals surface area contributed by atoms with Crippen molar-refractivity contribution in [2.45, 2.75) is 26.3 Å². The van der Waals surface area contributed by atoms with Crippen molar-refractivity contribution in [2.75, 3.05) is 5.32 Å². The maximum atomic E-state index is 12.1. The molecule has 2 aromatic rings. The smallest absolute Gasteiger partial charge is 0.241 e. The summed E-state index contributed by atoms with van der Waals surface area (Å²) in [5, 5.41) is 2.91. The van der Waals surface area contributed by atoms with Gasteiger partial charge in [-0.2, -0.15) is 0 Å². The Morgan fingerprint density at radius 2 is 1.85 bits per heavy atom. The Kier molecular flexibility index (Phi) is 4.53. The van der Waals surface area contributed by atoms with Gasteiger partial charge >= 0.3 is 0 Å². The summed E-state index contributed by atoms with van der Waals surface area (Å²) in [6.45, 7) is 3.97. The normalized spacial score (nSPS) is 11.9. The predicted octanol–water partition coefficient (Wildman–Crippen LogP) is 2.81. The number of hydrogen-bond acceptors (Lipinski definition) is 2. The predicted molar refractivity (Wildman–Crippen MR) is 82.7 cm³/mol. The standard InChI is InChI=1S/C17H20N2O/c1-12-8-9-13(2)16(10-12)19-17(20)15(18)11-14-6-4-3-5-7-14/h3-10,15H,11,18H2,1-2H3,(H,19,20). The van der Waals surface area contributed by atoms with Gasteiger partial charge in [-0.3, -0.25) is 4.79 Å². The molecule has 0 heterocycles. The molecule has 0 spiro atoms. The van der Waals surface area contributed by atoms with Crippen molar-refractivity contribution >= 4 is 11.6 Å². The van der Waals surface area contributed by atoms with Crippen LogP contribution in [0.15, 0.2) is 48.5 Å². The Labute approximate surface area is 119 Å². The van der Waals surface area contributed by atoms with Crippen LogP contribution in [0.5, 0.6) is 0 Å². The first-order valence-electron chi connectivity index (χ1n) is 6.74. The lowest BCUT2D eigenvalue weighted by Gasteiger charge is -2.14. The maximum Gasteiger partial charge on any atom is 0.241 e. The summed E-state index contributed by atoms with van der Waals surface area (Å²) in [7, 11) is 0. The Morgan fingerprint density at radius 1 is 1.15 bits per heavy atom. The fourth-order valence-corrected chi connectivity index (χ4v) is 2.06. The van der Waals surface area contributed by atoms with Crippen LogP contribution in [-0.4, -0.2) is 11.9 Å². The minimum atomic E-state index is -0.544. The van der Waals surface area contributed by atoms with E-state index in [1.54, 1.807) is 0 Å². The molecule has 0 saturated heterocycles. The number of carbonyl (C=O) groups is 1. The van der Waals surface area contributed by atoms with E-state index in [4.69, 9.17) is 5.73 Å². The molecule has 2 rings (SSSR count). The van der Waals surface area contributed by atoms with Crippen LogP contribution in [0.1, 0.15) is 16.7 Å². The van der Waals surface area contributed by atoms with Crippen LogP contribution in [0, 0.1) is 13.8 Å². The molecule has 0 aromatic heterocycles. The van der Waals surface area contributed by atoms with Gasteiger partial charge < -0.3 is 11.1 Å². The Morgan fingerprint density at radius 3 is 2.55 bits per heavy atom. The average molecular weight is 268 g/mol. The third-order valence-corrected chi connectivity index (χ3v) is 3.29. The van der Waals surface area contributed by atoms with Crippen LogP contribution >= 0.6 is 0 Å². The van der Waals surface area contributed by atoms with E-state index in [2.05, 4.69) is 5.32 Å². The third-order valence-electron chi connectivity index (χ3n) is 3.29. The van der Waals surface area contributed by atoms with E-state index in [9.17, 15) is 4.79 Å². The van der Waals surface area contributed by atoms with E-state index < -0.39 is 6.04 Å². The van der Waals surface area contributed by atoms with Crippen LogP contribution < -0.4 is 11.1 Å².